The molecular weight excluding hydrogens is 314 g/mol. The van der Waals surface area contributed by atoms with E-state index in [1.165, 1.54) is 35.8 Å². The van der Waals surface area contributed by atoms with Crippen LogP contribution in [0.15, 0.2) is 4.47 Å². The van der Waals surface area contributed by atoms with E-state index in [0.29, 0.717) is 6.04 Å². The highest BCUT2D eigenvalue weighted by molar-refractivity contribution is 9.10. The molecule has 0 radical (unpaired) electrons. The summed E-state index contributed by atoms with van der Waals surface area (Å²) < 4.78 is 3.23. The van der Waals surface area contributed by atoms with Crippen LogP contribution in [0.5, 0.6) is 0 Å². The van der Waals surface area contributed by atoms with Gasteiger partial charge >= 0.3 is 0 Å². The van der Waals surface area contributed by atoms with Crippen molar-refractivity contribution >= 4 is 15.9 Å². The van der Waals surface area contributed by atoms with Gasteiger partial charge in [-0.1, -0.05) is 26.7 Å². The Morgan fingerprint density at radius 3 is 2.65 bits per heavy atom. The van der Waals surface area contributed by atoms with Gasteiger partial charge in [0.2, 0.25) is 0 Å². The van der Waals surface area contributed by atoms with E-state index in [2.05, 4.69) is 54.2 Å². The fraction of sp³-hybridized carbons (Fsp3) is 0.812. The molecule has 1 saturated carbocycles. The van der Waals surface area contributed by atoms with Crippen molar-refractivity contribution in [3.05, 3.63) is 15.9 Å². The number of likely N-dealkylation sites (N-methyl/N-ethyl adjacent to an activating group) is 1. The summed E-state index contributed by atoms with van der Waals surface area (Å²) in [6, 6.07) is 0.586. The molecule has 3 atom stereocenters. The van der Waals surface area contributed by atoms with Gasteiger partial charge in [0.1, 0.15) is 0 Å². The maximum absolute atomic E-state index is 4.52. The summed E-state index contributed by atoms with van der Waals surface area (Å²) in [5.74, 6) is 1.76. The Bertz CT molecular complexity index is 441. The third-order valence-electron chi connectivity index (χ3n) is 4.87. The number of hydrogen-bond donors (Lipinski definition) is 1. The first-order chi connectivity index (χ1) is 9.56. The van der Waals surface area contributed by atoms with Crippen molar-refractivity contribution in [2.45, 2.75) is 58.9 Å². The molecular formula is C16H28BrN3. The SMILES string of the molecule is CCNC(Cc1c(Br)c(C)nn1C)C1CCC(CC)C1. The minimum atomic E-state index is 0.586. The van der Waals surface area contributed by atoms with Gasteiger partial charge < -0.3 is 5.32 Å². The molecule has 1 fully saturated rings. The minimum Gasteiger partial charge on any atom is -0.314 e. The first-order valence-electron chi connectivity index (χ1n) is 7.98. The maximum atomic E-state index is 4.52. The predicted octanol–water partition coefficient (Wildman–Crippen LogP) is 3.84. The van der Waals surface area contributed by atoms with Crippen LogP contribution in [0.2, 0.25) is 0 Å². The third kappa shape index (κ3) is 3.45. The van der Waals surface area contributed by atoms with Crippen LogP contribution >= 0.6 is 15.9 Å². The number of nitrogens with zero attached hydrogens (tertiary/aromatic N) is 2. The second-order valence-corrected chi connectivity index (χ2v) is 6.98. The van der Waals surface area contributed by atoms with Crippen LogP contribution in [-0.2, 0) is 13.5 Å². The lowest BCUT2D eigenvalue weighted by Gasteiger charge is -2.25. The summed E-state index contributed by atoms with van der Waals surface area (Å²) in [6.07, 6.45) is 6.60. The van der Waals surface area contributed by atoms with Crippen LogP contribution in [0.4, 0.5) is 0 Å². The van der Waals surface area contributed by atoms with Crippen LogP contribution in [0.3, 0.4) is 0 Å². The van der Waals surface area contributed by atoms with E-state index in [1.807, 2.05) is 4.68 Å². The van der Waals surface area contributed by atoms with Gasteiger partial charge in [0, 0.05) is 19.5 Å². The summed E-state index contributed by atoms with van der Waals surface area (Å²) in [4.78, 5) is 0. The normalized spacial score (nSPS) is 24.2. The Morgan fingerprint density at radius 2 is 2.15 bits per heavy atom. The number of rotatable bonds is 6. The van der Waals surface area contributed by atoms with Crippen LogP contribution in [-0.4, -0.2) is 22.4 Å². The third-order valence-corrected chi connectivity index (χ3v) is 5.90. The molecule has 3 unspecified atom stereocenters. The quantitative estimate of drug-likeness (QED) is 0.851. The van der Waals surface area contributed by atoms with Gasteiger partial charge in [0.25, 0.3) is 0 Å². The highest BCUT2D eigenvalue weighted by Crippen LogP contribution is 2.36. The van der Waals surface area contributed by atoms with E-state index in [4.69, 9.17) is 0 Å². The van der Waals surface area contributed by atoms with E-state index in [0.717, 1.165) is 30.5 Å². The van der Waals surface area contributed by atoms with Crippen molar-refractivity contribution in [2.24, 2.45) is 18.9 Å². The molecule has 0 spiro atoms. The number of aromatic nitrogens is 2. The van der Waals surface area contributed by atoms with Gasteiger partial charge in [0.05, 0.1) is 15.9 Å². The van der Waals surface area contributed by atoms with Crippen molar-refractivity contribution in [1.29, 1.82) is 0 Å². The molecule has 4 heteroatoms. The summed E-state index contributed by atoms with van der Waals surface area (Å²) in [5.41, 5.74) is 2.42. The number of hydrogen-bond acceptors (Lipinski definition) is 2. The molecule has 1 aliphatic rings. The Balaban J connectivity index is 2.09. The average Bonchev–Trinajstić information content (AvgIpc) is 2.98. The molecule has 114 valence electrons. The topological polar surface area (TPSA) is 29.9 Å². The Morgan fingerprint density at radius 1 is 1.40 bits per heavy atom. The second kappa shape index (κ2) is 7.08. The molecule has 0 aromatic carbocycles. The van der Waals surface area contributed by atoms with Crippen molar-refractivity contribution in [3.8, 4) is 0 Å². The van der Waals surface area contributed by atoms with Gasteiger partial charge in [-0.15, -0.1) is 0 Å². The zero-order valence-corrected chi connectivity index (χ0v) is 14.8. The summed E-state index contributed by atoms with van der Waals surface area (Å²) >= 11 is 3.70. The molecule has 1 aromatic heterocycles. The lowest BCUT2D eigenvalue weighted by atomic mass is 9.92. The Hall–Kier alpha value is -0.350. The second-order valence-electron chi connectivity index (χ2n) is 6.19. The minimum absolute atomic E-state index is 0.586. The van der Waals surface area contributed by atoms with Crippen molar-refractivity contribution in [3.63, 3.8) is 0 Å². The molecule has 1 aliphatic carbocycles. The van der Waals surface area contributed by atoms with Crippen molar-refractivity contribution in [2.75, 3.05) is 6.54 Å². The van der Waals surface area contributed by atoms with E-state index in [1.54, 1.807) is 0 Å². The lowest BCUT2D eigenvalue weighted by Crippen LogP contribution is -2.37. The molecule has 2 rings (SSSR count). The maximum Gasteiger partial charge on any atom is 0.0738 e. The van der Waals surface area contributed by atoms with Gasteiger partial charge in [-0.25, -0.2) is 0 Å². The fourth-order valence-corrected chi connectivity index (χ4v) is 4.13. The van der Waals surface area contributed by atoms with Gasteiger partial charge in [-0.2, -0.15) is 5.10 Å². The molecule has 1 N–H and O–H groups in total. The molecule has 20 heavy (non-hydrogen) atoms. The Labute approximate surface area is 131 Å². The zero-order chi connectivity index (χ0) is 14.7. The van der Waals surface area contributed by atoms with Crippen LogP contribution in [0.25, 0.3) is 0 Å². The predicted molar refractivity (Wildman–Crippen MR) is 87.9 cm³/mol. The molecule has 3 nitrogen and oxygen atoms in total. The van der Waals surface area contributed by atoms with Crippen molar-refractivity contribution in [1.82, 2.24) is 15.1 Å². The van der Waals surface area contributed by atoms with Crippen LogP contribution in [0.1, 0.15) is 50.9 Å². The first-order valence-corrected chi connectivity index (χ1v) is 8.77. The summed E-state index contributed by atoms with van der Waals surface area (Å²) in [6.45, 7) is 7.66. The number of halogens is 1. The standard InChI is InChI=1S/C16H28BrN3/c1-5-12-7-8-13(9-12)14(18-6-2)10-15-16(17)11(3)19-20(15)4/h12-14,18H,5-10H2,1-4H3. The highest BCUT2D eigenvalue weighted by atomic mass is 79.9. The number of aryl methyl sites for hydroxylation is 2. The smallest absolute Gasteiger partial charge is 0.0738 e. The van der Waals surface area contributed by atoms with E-state index >= 15 is 0 Å². The van der Waals surface area contributed by atoms with E-state index in [9.17, 15) is 0 Å². The zero-order valence-electron chi connectivity index (χ0n) is 13.2. The molecule has 0 bridgehead atoms. The van der Waals surface area contributed by atoms with Crippen LogP contribution < -0.4 is 5.32 Å². The molecule has 1 heterocycles. The van der Waals surface area contributed by atoms with Gasteiger partial charge in [-0.3, -0.25) is 4.68 Å². The largest absolute Gasteiger partial charge is 0.314 e. The van der Waals surface area contributed by atoms with Gasteiger partial charge in [0.15, 0.2) is 0 Å². The van der Waals surface area contributed by atoms with E-state index < -0.39 is 0 Å². The van der Waals surface area contributed by atoms with Gasteiger partial charge in [-0.05, 0) is 54.1 Å². The summed E-state index contributed by atoms with van der Waals surface area (Å²) in [5, 5.41) is 8.24. The monoisotopic (exact) mass is 341 g/mol. The molecule has 1 aromatic rings. The highest BCUT2D eigenvalue weighted by Gasteiger charge is 2.30. The summed E-state index contributed by atoms with van der Waals surface area (Å²) in [7, 11) is 2.06. The van der Waals surface area contributed by atoms with Crippen LogP contribution in [0, 0.1) is 18.8 Å². The number of nitrogens with one attached hydrogen (secondary N) is 1. The fourth-order valence-electron chi connectivity index (χ4n) is 3.63. The molecule has 0 amide bonds. The lowest BCUT2D eigenvalue weighted by molar-refractivity contribution is 0.343. The average molecular weight is 342 g/mol. The molecule has 0 saturated heterocycles. The molecule has 0 aliphatic heterocycles. The van der Waals surface area contributed by atoms with E-state index in [-0.39, 0.29) is 0 Å². The Kier molecular flexibility index (Phi) is 5.67. The first kappa shape index (κ1) is 16.0. The van der Waals surface area contributed by atoms with Crippen molar-refractivity contribution < 1.29 is 0 Å².